The normalized spacial score (nSPS) is 25.8. The van der Waals surface area contributed by atoms with E-state index in [2.05, 4.69) is 41.6 Å². The molecule has 1 aliphatic rings. The molecule has 0 radical (unpaired) electrons. The third-order valence-corrected chi connectivity index (χ3v) is 3.60. The van der Waals surface area contributed by atoms with Crippen molar-refractivity contribution in [2.45, 2.75) is 26.2 Å². The lowest BCUT2D eigenvalue weighted by molar-refractivity contribution is 0.374. The predicted molar refractivity (Wildman–Crippen MR) is 54.8 cm³/mol. The molecule has 3 nitrogen and oxygen atoms in total. The summed E-state index contributed by atoms with van der Waals surface area (Å²) in [7, 11) is 0. The van der Waals surface area contributed by atoms with Gasteiger partial charge in [-0.2, -0.15) is 0 Å². The molecule has 0 aliphatic heterocycles. The van der Waals surface area contributed by atoms with E-state index in [1.165, 1.54) is 6.42 Å². The first-order valence-electron chi connectivity index (χ1n) is 3.93. The molecule has 1 saturated carbocycles. The van der Waals surface area contributed by atoms with Gasteiger partial charge in [-0.25, -0.2) is 0 Å². The number of hydrogen-bond donors (Lipinski definition) is 1. The standard InChI is InChI=1S/C8H11IN2O/c1-8(2)3-4(8)6-5(9)7(10)11-12-6/h4H,3H2,1-2H3,(H2,10,11). The Hall–Kier alpha value is -0.260. The molecule has 4 heteroatoms. The van der Waals surface area contributed by atoms with E-state index in [0.717, 1.165) is 9.33 Å². The molecular weight excluding hydrogens is 267 g/mol. The molecule has 2 N–H and O–H groups in total. The molecule has 1 aromatic heterocycles. The molecule has 1 atom stereocenters. The summed E-state index contributed by atoms with van der Waals surface area (Å²) in [5.74, 6) is 2.01. The molecule has 0 aromatic carbocycles. The summed E-state index contributed by atoms with van der Waals surface area (Å²) in [6.07, 6.45) is 1.18. The topological polar surface area (TPSA) is 52.0 Å². The largest absolute Gasteiger partial charge is 0.380 e. The van der Waals surface area contributed by atoms with Gasteiger partial charge in [-0.1, -0.05) is 19.0 Å². The third-order valence-electron chi connectivity index (χ3n) is 2.51. The van der Waals surface area contributed by atoms with Crippen molar-refractivity contribution in [3.8, 4) is 0 Å². The first-order chi connectivity index (χ1) is 5.52. The van der Waals surface area contributed by atoms with Crippen LogP contribution in [-0.4, -0.2) is 5.16 Å². The van der Waals surface area contributed by atoms with Crippen LogP contribution in [0.3, 0.4) is 0 Å². The number of nitrogens with zero attached hydrogens (tertiary/aromatic N) is 1. The molecule has 1 aliphatic carbocycles. The molecule has 12 heavy (non-hydrogen) atoms. The Labute approximate surface area is 84.8 Å². The molecule has 1 unspecified atom stereocenters. The molecule has 1 fully saturated rings. The summed E-state index contributed by atoms with van der Waals surface area (Å²) < 4.78 is 6.16. The van der Waals surface area contributed by atoms with Crippen molar-refractivity contribution >= 4 is 28.4 Å². The van der Waals surface area contributed by atoms with Crippen LogP contribution in [0.2, 0.25) is 0 Å². The summed E-state index contributed by atoms with van der Waals surface area (Å²) in [5, 5.41) is 3.74. The Bertz CT molecular complexity index is 319. The second kappa shape index (κ2) is 2.37. The Morgan fingerprint density at radius 3 is 2.58 bits per heavy atom. The van der Waals surface area contributed by atoms with Crippen molar-refractivity contribution in [1.29, 1.82) is 0 Å². The molecule has 0 saturated heterocycles. The second-order valence-corrected chi connectivity index (χ2v) is 5.07. The van der Waals surface area contributed by atoms with Crippen molar-refractivity contribution in [3.05, 3.63) is 9.33 Å². The van der Waals surface area contributed by atoms with Gasteiger partial charge in [0.1, 0.15) is 0 Å². The third kappa shape index (κ3) is 1.12. The fourth-order valence-corrected chi connectivity index (χ4v) is 2.01. The quantitative estimate of drug-likeness (QED) is 0.802. The van der Waals surface area contributed by atoms with Crippen molar-refractivity contribution in [2.24, 2.45) is 5.41 Å². The summed E-state index contributed by atoms with van der Waals surface area (Å²) in [6.45, 7) is 4.46. The summed E-state index contributed by atoms with van der Waals surface area (Å²) in [5.41, 5.74) is 5.96. The van der Waals surface area contributed by atoms with E-state index in [1.807, 2.05) is 0 Å². The smallest absolute Gasteiger partial charge is 0.180 e. The van der Waals surface area contributed by atoms with E-state index in [0.29, 0.717) is 17.2 Å². The van der Waals surface area contributed by atoms with Gasteiger partial charge in [0, 0.05) is 5.92 Å². The molecular formula is C8H11IN2O. The average molecular weight is 278 g/mol. The lowest BCUT2D eigenvalue weighted by atomic mass is 10.1. The van der Waals surface area contributed by atoms with E-state index in [-0.39, 0.29) is 0 Å². The highest BCUT2D eigenvalue weighted by atomic mass is 127. The van der Waals surface area contributed by atoms with Gasteiger partial charge in [0.15, 0.2) is 11.6 Å². The number of nitrogens with two attached hydrogens (primary N) is 1. The zero-order valence-electron chi connectivity index (χ0n) is 7.10. The molecule has 66 valence electrons. The van der Waals surface area contributed by atoms with E-state index in [1.54, 1.807) is 0 Å². The maximum absolute atomic E-state index is 5.58. The van der Waals surface area contributed by atoms with Gasteiger partial charge in [-0.05, 0) is 34.4 Å². The highest BCUT2D eigenvalue weighted by molar-refractivity contribution is 14.1. The van der Waals surface area contributed by atoms with Gasteiger partial charge >= 0.3 is 0 Å². The van der Waals surface area contributed by atoms with Crippen molar-refractivity contribution in [2.75, 3.05) is 5.73 Å². The minimum atomic E-state index is 0.381. The van der Waals surface area contributed by atoms with Crippen LogP contribution in [-0.2, 0) is 0 Å². The van der Waals surface area contributed by atoms with Crippen LogP contribution < -0.4 is 5.73 Å². The molecule has 0 spiro atoms. The lowest BCUT2D eigenvalue weighted by Gasteiger charge is -1.98. The number of rotatable bonds is 1. The Morgan fingerprint density at radius 1 is 1.67 bits per heavy atom. The summed E-state index contributed by atoms with van der Waals surface area (Å²) in [4.78, 5) is 0. The summed E-state index contributed by atoms with van der Waals surface area (Å²) >= 11 is 2.19. The maximum Gasteiger partial charge on any atom is 0.180 e. The maximum atomic E-state index is 5.58. The summed E-state index contributed by atoms with van der Waals surface area (Å²) in [6, 6.07) is 0. The number of nitrogen functional groups attached to an aromatic ring is 1. The van der Waals surface area contributed by atoms with Gasteiger partial charge < -0.3 is 10.3 Å². The first-order valence-corrected chi connectivity index (χ1v) is 5.01. The Kier molecular flexibility index (Phi) is 1.65. The van der Waals surface area contributed by atoms with Crippen LogP contribution in [0.4, 0.5) is 5.82 Å². The van der Waals surface area contributed by atoms with E-state index >= 15 is 0 Å². The first kappa shape index (κ1) is 8.34. The van der Waals surface area contributed by atoms with Crippen LogP contribution in [0.1, 0.15) is 31.9 Å². The number of hydrogen-bond acceptors (Lipinski definition) is 3. The number of anilines is 1. The van der Waals surface area contributed by atoms with Crippen LogP contribution in [0, 0.1) is 8.99 Å². The lowest BCUT2D eigenvalue weighted by Crippen LogP contribution is -1.91. The fraction of sp³-hybridized carbons (Fsp3) is 0.625. The molecule has 1 aromatic rings. The van der Waals surface area contributed by atoms with Crippen molar-refractivity contribution in [1.82, 2.24) is 5.16 Å². The second-order valence-electron chi connectivity index (χ2n) is 3.99. The van der Waals surface area contributed by atoms with E-state index < -0.39 is 0 Å². The van der Waals surface area contributed by atoms with Gasteiger partial charge in [0.25, 0.3) is 0 Å². The van der Waals surface area contributed by atoms with E-state index in [9.17, 15) is 0 Å². The van der Waals surface area contributed by atoms with Crippen LogP contribution in [0.25, 0.3) is 0 Å². The van der Waals surface area contributed by atoms with E-state index in [4.69, 9.17) is 10.3 Å². The highest BCUT2D eigenvalue weighted by Gasteiger charge is 2.50. The predicted octanol–water partition coefficient (Wildman–Crippen LogP) is 2.37. The minimum Gasteiger partial charge on any atom is -0.380 e. The zero-order chi connectivity index (χ0) is 8.93. The fourth-order valence-electron chi connectivity index (χ4n) is 1.44. The van der Waals surface area contributed by atoms with Crippen molar-refractivity contribution in [3.63, 3.8) is 0 Å². The monoisotopic (exact) mass is 278 g/mol. The van der Waals surface area contributed by atoms with Gasteiger partial charge in [0.05, 0.1) is 3.57 Å². The molecule has 0 amide bonds. The minimum absolute atomic E-state index is 0.381. The van der Waals surface area contributed by atoms with Gasteiger partial charge in [-0.3, -0.25) is 0 Å². The van der Waals surface area contributed by atoms with Gasteiger partial charge in [0.2, 0.25) is 0 Å². The van der Waals surface area contributed by atoms with Gasteiger partial charge in [-0.15, -0.1) is 0 Å². The molecule has 1 heterocycles. The number of halogens is 1. The zero-order valence-corrected chi connectivity index (χ0v) is 9.25. The van der Waals surface area contributed by atoms with Crippen LogP contribution in [0.5, 0.6) is 0 Å². The SMILES string of the molecule is CC1(C)CC1c1onc(N)c1I. The molecule has 2 rings (SSSR count). The molecule has 0 bridgehead atoms. The Balaban J connectivity index is 2.31. The Morgan fingerprint density at radius 2 is 2.25 bits per heavy atom. The van der Waals surface area contributed by atoms with Crippen LogP contribution in [0.15, 0.2) is 4.52 Å². The highest BCUT2D eigenvalue weighted by Crippen LogP contribution is 2.59. The van der Waals surface area contributed by atoms with Crippen molar-refractivity contribution < 1.29 is 4.52 Å². The number of aromatic nitrogens is 1. The van der Waals surface area contributed by atoms with Crippen LogP contribution >= 0.6 is 22.6 Å². The average Bonchev–Trinajstić information content (AvgIpc) is 2.47.